The molecule has 1 aliphatic heterocycles. The van der Waals surface area contributed by atoms with Crippen LogP contribution in [0.5, 0.6) is 11.5 Å². The minimum absolute atomic E-state index is 0.131. The number of hydrogen-bond acceptors (Lipinski definition) is 7. The molecule has 294 valence electrons. The van der Waals surface area contributed by atoms with Crippen molar-refractivity contribution in [3.63, 3.8) is 0 Å². The SMILES string of the molecule is CC(C)(C)[Si](Oc1ccc(OCC(O)CNCCc2ccc(NC3CCN(C(=O)OCc4ccc(F)cc4)CC3)cc2)cc1)(c1ccccc1)c1ccccc1. The van der Waals surface area contributed by atoms with Gasteiger partial charge in [-0.05, 0) is 101 Å². The van der Waals surface area contributed by atoms with Crippen molar-refractivity contribution >= 4 is 30.5 Å². The van der Waals surface area contributed by atoms with Crippen LogP contribution in [-0.4, -0.2) is 69.3 Å². The highest BCUT2D eigenvalue weighted by atomic mass is 28.4. The summed E-state index contributed by atoms with van der Waals surface area (Å²) in [5.41, 5.74) is 3.01. The third-order valence-electron chi connectivity index (χ3n) is 10.3. The fourth-order valence-corrected chi connectivity index (χ4v) is 11.6. The number of hydrogen-bond donors (Lipinski definition) is 3. The topological polar surface area (TPSA) is 92.3 Å². The lowest BCUT2D eigenvalue weighted by molar-refractivity contribution is 0.0881. The van der Waals surface area contributed by atoms with Crippen LogP contribution < -0.4 is 30.2 Å². The fourth-order valence-electron chi connectivity index (χ4n) is 7.21. The van der Waals surface area contributed by atoms with Crippen LogP contribution in [0.2, 0.25) is 5.04 Å². The molecule has 1 saturated heterocycles. The highest BCUT2D eigenvalue weighted by Gasteiger charge is 2.52. The molecule has 56 heavy (non-hydrogen) atoms. The lowest BCUT2D eigenvalue weighted by Crippen LogP contribution is -2.68. The minimum Gasteiger partial charge on any atom is -0.534 e. The molecular formula is C46H54FN3O5Si. The molecule has 8 nitrogen and oxygen atoms in total. The molecule has 1 amide bonds. The quantitative estimate of drug-likeness (QED) is 0.0705. The van der Waals surface area contributed by atoms with Crippen LogP contribution in [0.15, 0.2) is 133 Å². The molecule has 1 atom stereocenters. The van der Waals surface area contributed by atoms with Gasteiger partial charge in [0.1, 0.15) is 36.6 Å². The summed E-state index contributed by atoms with van der Waals surface area (Å²) in [6.07, 6.45) is 1.49. The Morgan fingerprint density at radius 3 is 1.96 bits per heavy atom. The summed E-state index contributed by atoms with van der Waals surface area (Å²) >= 11 is 0. The van der Waals surface area contributed by atoms with Crippen LogP contribution in [0.1, 0.15) is 44.7 Å². The van der Waals surface area contributed by atoms with Crippen LogP contribution in [0.25, 0.3) is 0 Å². The standard InChI is InChI=1S/C46H54FN3O5Si/c1-46(2,3)56(43-10-6-4-7-11-43,44-12-8-5-9-13-44)55-42-24-22-41(23-25-42)53-34-40(51)32-48-29-26-35-16-20-38(21-17-35)49-39-27-30-50(31-28-39)45(52)54-33-36-14-18-37(47)19-15-36/h4-25,39-40,48-49,51H,26-34H2,1-3H3. The average molecular weight is 776 g/mol. The molecular weight excluding hydrogens is 722 g/mol. The van der Waals surface area contributed by atoms with E-state index in [-0.39, 0.29) is 36.2 Å². The Kier molecular flexibility index (Phi) is 13.8. The fraction of sp³-hybridized carbons (Fsp3) is 0.326. The number of aliphatic hydroxyl groups excluding tert-OH is 1. The molecule has 1 aliphatic rings. The summed E-state index contributed by atoms with van der Waals surface area (Å²) in [7, 11) is -2.73. The number of benzene rings is 5. The molecule has 0 spiro atoms. The largest absolute Gasteiger partial charge is 0.534 e. The number of ether oxygens (including phenoxy) is 2. The van der Waals surface area contributed by atoms with Crippen molar-refractivity contribution in [3.8, 4) is 11.5 Å². The molecule has 0 radical (unpaired) electrons. The Bertz CT molecular complexity index is 1900. The first-order valence-electron chi connectivity index (χ1n) is 19.5. The summed E-state index contributed by atoms with van der Waals surface area (Å²) in [6.45, 7) is 9.48. The molecule has 0 bridgehead atoms. The second-order valence-corrected chi connectivity index (χ2v) is 19.7. The van der Waals surface area contributed by atoms with Crippen LogP contribution >= 0.6 is 0 Å². The van der Waals surface area contributed by atoms with E-state index in [0.717, 1.165) is 42.8 Å². The number of nitrogens with zero attached hydrogens (tertiary/aromatic N) is 1. The van der Waals surface area contributed by atoms with E-state index in [2.05, 4.69) is 104 Å². The molecule has 0 saturated carbocycles. The Hall–Kier alpha value is -5.16. The minimum atomic E-state index is -2.73. The summed E-state index contributed by atoms with van der Waals surface area (Å²) in [5, 5.41) is 19.9. The number of carbonyl (C=O) groups is 1. The normalized spacial score (nSPS) is 14.2. The smallest absolute Gasteiger partial charge is 0.410 e. The Labute approximate surface area is 331 Å². The van der Waals surface area contributed by atoms with Gasteiger partial charge in [0.05, 0.1) is 0 Å². The Morgan fingerprint density at radius 2 is 1.38 bits per heavy atom. The summed E-state index contributed by atoms with van der Waals surface area (Å²) in [6, 6.07) is 43.5. The van der Waals surface area contributed by atoms with E-state index in [1.165, 1.54) is 28.1 Å². The molecule has 6 rings (SSSR count). The number of piperidine rings is 1. The van der Waals surface area contributed by atoms with Gasteiger partial charge in [0.15, 0.2) is 0 Å². The highest BCUT2D eigenvalue weighted by Crippen LogP contribution is 2.38. The van der Waals surface area contributed by atoms with Gasteiger partial charge >= 0.3 is 14.4 Å². The third kappa shape index (κ3) is 10.8. The van der Waals surface area contributed by atoms with Gasteiger partial charge in [0.25, 0.3) is 0 Å². The van der Waals surface area contributed by atoms with Crippen molar-refractivity contribution in [1.29, 1.82) is 0 Å². The predicted octanol–water partition coefficient (Wildman–Crippen LogP) is 7.55. The maximum Gasteiger partial charge on any atom is 0.410 e. The van der Waals surface area contributed by atoms with Crippen molar-refractivity contribution in [2.24, 2.45) is 0 Å². The maximum atomic E-state index is 13.1. The maximum absolute atomic E-state index is 13.1. The molecule has 1 unspecified atom stereocenters. The zero-order valence-corrected chi connectivity index (χ0v) is 33.6. The van der Waals surface area contributed by atoms with Gasteiger partial charge in [-0.3, -0.25) is 0 Å². The first-order chi connectivity index (χ1) is 27.1. The lowest BCUT2D eigenvalue weighted by Gasteiger charge is -2.43. The van der Waals surface area contributed by atoms with Crippen molar-refractivity contribution in [3.05, 3.63) is 150 Å². The average Bonchev–Trinajstić information content (AvgIpc) is 3.22. The number of anilines is 1. The first-order valence-corrected chi connectivity index (χ1v) is 21.4. The van der Waals surface area contributed by atoms with Gasteiger partial charge in [-0.1, -0.05) is 106 Å². The van der Waals surface area contributed by atoms with Crippen molar-refractivity contribution < 1.29 is 28.2 Å². The molecule has 3 N–H and O–H groups in total. The van der Waals surface area contributed by atoms with Crippen molar-refractivity contribution in [2.75, 3.05) is 38.1 Å². The third-order valence-corrected chi connectivity index (χ3v) is 15.2. The zero-order valence-electron chi connectivity index (χ0n) is 32.6. The van der Waals surface area contributed by atoms with Gasteiger partial charge in [0.2, 0.25) is 0 Å². The molecule has 5 aromatic rings. The second-order valence-electron chi connectivity index (χ2n) is 15.4. The number of rotatable bonds is 16. The van der Waals surface area contributed by atoms with Crippen LogP contribution in [0.4, 0.5) is 14.9 Å². The van der Waals surface area contributed by atoms with Crippen LogP contribution in [-0.2, 0) is 17.8 Å². The number of carbonyl (C=O) groups excluding carboxylic acids is 1. The van der Waals surface area contributed by atoms with E-state index in [9.17, 15) is 14.3 Å². The van der Waals surface area contributed by atoms with E-state index in [1.54, 1.807) is 17.0 Å². The first kappa shape index (κ1) is 40.5. The molecule has 0 aliphatic carbocycles. The van der Waals surface area contributed by atoms with Gasteiger partial charge in [-0.2, -0.15) is 0 Å². The molecule has 1 fully saturated rings. The van der Waals surface area contributed by atoms with E-state index in [0.29, 0.717) is 25.4 Å². The number of halogens is 1. The van der Waals surface area contributed by atoms with Gasteiger partial charge < -0.3 is 34.5 Å². The van der Waals surface area contributed by atoms with Gasteiger partial charge in [0, 0.05) is 31.4 Å². The van der Waals surface area contributed by atoms with E-state index >= 15 is 0 Å². The predicted molar refractivity (Wildman–Crippen MR) is 224 cm³/mol. The van der Waals surface area contributed by atoms with Crippen molar-refractivity contribution in [2.45, 2.75) is 63.8 Å². The summed E-state index contributed by atoms with van der Waals surface area (Å²) in [4.78, 5) is 14.2. The van der Waals surface area contributed by atoms with E-state index in [1.807, 2.05) is 36.4 Å². The molecule has 5 aromatic carbocycles. The second kappa shape index (κ2) is 19.1. The van der Waals surface area contributed by atoms with Crippen LogP contribution in [0.3, 0.4) is 0 Å². The van der Waals surface area contributed by atoms with Gasteiger partial charge in [-0.25, -0.2) is 9.18 Å². The summed E-state index contributed by atoms with van der Waals surface area (Å²) < 4.78 is 31.6. The number of aliphatic hydroxyl groups is 1. The Morgan fingerprint density at radius 1 is 0.804 bits per heavy atom. The summed E-state index contributed by atoms with van der Waals surface area (Å²) in [5.74, 6) is 1.16. The van der Waals surface area contributed by atoms with Crippen LogP contribution in [0, 0.1) is 5.82 Å². The zero-order chi connectivity index (χ0) is 39.4. The van der Waals surface area contributed by atoms with E-state index < -0.39 is 14.4 Å². The van der Waals surface area contributed by atoms with E-state index in [4.69, 9.17) is 13.9 Å². The number of likely N-dealkylation sites (tertiary alicyclic amines) is 1. The Balaban J connectivity index is 0.892. The number of nitrogens with one attached hydrogen (secondary N) is 2. The lowest BCUT2D eigenvalue weighted by atomic mass is 10.0. The number of amides is 1. The highest BCUT2D eigenvalue weighted by molar-refractivity contribution is 7.00. The van der Waals surface area contributed by atoms with Crippen molar-refractivity contribution in [1.82, 2.24) is 10.2 Å². The molecule has 1 heterocycles. The van der Waals surface area contributed by atoms with Gasteiger partial charge in [-0.15, -0.1) is 0 Å². The molecule has 0 aromatic heterocycles. The monoisotopic (exact) mass is 775 g/mol. The molecule has 10 heteroatoms.